The van der Waals surface area contributed by atoms with Gasteiger partial charge in [-0.25, -0.2) is 0 Å². The molecule has 0 radical (unpaired) electrons. The van der Waals surface area contributed by atoms with Crippen LogP contribution in [-0.2, 0) is 21.1 Å². The molecule has 1 saturated heterocycles. The summed E-state index contributed by atoms with van der Waals surface area (Å²) in [6.45, 7) is 1.86. The Morgan fingerprint density at radius 3 is 2.26 bits per heavy atom. The van der Waals surface area contributed by atoms with Gasteiger partial charge in [0.1, 0.15) is 10.6 Å². The van der Waals surface area contributed by atoms with Crippen LogP contribution in [0, 0.1) is 0 Å². The summed E-state index contributed by atoms with van der Waals surface area (Å²) in [5.74, 6) is -0.388. The fourth-order valence-electron chi connectivity index (χ4n) is 4.14. The van der Waals surface area contributed by atoms with Crippen molar-refractivity contribution in [1.82, 2.24) is 4.90 Å². The average molecular weight is 574 g/mol. The average Bonchev–Trinajstić information content (AvgIpc) is 3.30. The normalized spacial score (nSPS) is 17.5. The number of nitrogens with zero attached hydrogens (tertiary/aromatic N) is 3. The zero-order valence-corrected chi connectivity index (χ0v) is 22.0. The Bertz CT molecular complexity index is 1550. The summed E-state index contributed by atoms with van der Waals surface area (Å²) in [4.78, 5) is 20.9. The number of carbonyl (C=O) groups is 1. The molecule has 0 aromatic heterocycles. The standard InChI is InChI=1S/C27H22F3N3O4S2/c28-27(29,30)20-8-6-9-21(18-20)32-13-15-33(16-14-32)26-31-25(34)24(38-26)17-19-7-4-5-12-23(19)37-39(35,36)22-10-2-1-3-11-22/h1-12,17-18H,13-16H2/b24-17-. The first-order valence-corrected chi connectivity index (χ1v) is 14.1. The topological polar surface area (TPSA) is 79.3 Å². The molecule has 1 fully saturated rings. The molecule has 2 aliphatic rings. The van der Waals surface area contributed by atoms with Crippen LogP contribution in [0.4, 0.5) is 18.9 Å². The van der Waals surface area contributed by atoms with Crippen molar-refractivity contribution in [1.29, 1.82) is 0 Å². The number of amidine groups is 1. The van der Waals surface area contributed by atoms with Gasteiger partial charge < -0.3 is 14.0 Å². The molecule has 202 valence electrons. The molecule has 5 rings (SSSR count). The van der Waals surface area contributed by atoms with Crippen LogP contribution < -0.4 is 9.08 Å². The smallest absolute Gasteiger partial charge is 0.378 e. The van der Waals surface area contributed by atoms with E-state index >= 15 is 0 Å². The van der Waals surface area contributed by atoms with Gasteiger partial charge in [0.05, 0.1) is 10.5 Å². The molecule has 0 atom stereocenters. The lowest BCUT2D eigenvalue weighted by atomic mass is 10.1. The van der Waals surface area contributed by atoms with Gasteiger partial charge in [0.15, 0.2) is 5.17 Å². The molecular weight excluding hydrogens is 551 g/mol. The van der Waals surface area contributed by atoms with Crippen LogP contribution in [0.3, 0.4) is 0 Å². The maximum atomic E-state index is 13.1. The molecule has 0 N–H and O–H groups in total. The van der Waals surface area contributed by atoms with E-state index in [1.165, 1.54) is 30.3 Å². The van der Waals surface area contributed by atoms with Crippen molar-refractivity contribution >= 4 is 44.7 Å². The maximum absolute atomic E-state index is 13.1. The van der Waals surface area contributed by atoms with Crippen LogP contribution in [0.5, 0.6) is 5.75 Å². The number of rotatable bonds is 5. The zero-order valence-electron chi connectivity index (χ0n) is 20.3. The minimum Gasteiger partial charge on any atom is -0.378 e. The highest BCUT2D eigenvalue weighted by Crippen LogP contribution is 2.35. The van der Waals surface area contributed by atoms with Gasteiger partial charge in [-0.15, -0.1) is 0 Å². The molecule has 3 aromatic rings. The van der Waals surface area contributed by atoms with Gasteiger partial charge in [-0.1, -0.05) is 42.5 Å². The SMILES string of the molecule is O=C1N=C(N2CCN(c3cccc(C(F)(F)F)c3)CC2)S/C1=C\c1ccccc1OS(=O)(=O)c1ccccc1. The number of hydrogen-bond donors (Lipinski definition) is 0. The second-order valence-corrected chi connectivity index (χ2v) is 11.3. The third-order valence-electron chi connectivity index (χ3n) is 6.14. The molecule has 0 saturated carbocycles. The predicted molar refractivity (Wildman–Crippen MR) is 144 cm³/mol. The Hall–Kier alpha value is -3.77. The van der Waals surface area contributed by atoms with Crippen molar-refractivity contribution < 1.29 is 30.6 Å². The van der Waals surface area contributed by atoms with Crippen LogP contribution in [-0.4, -0.2) is 50.6 Å². The molecule has 39 heavy (non-hydrogen) atoms. The van der Waals surface area contributed by atoms with Gasteiger partial charge in [-0.3, -0.25) is 4.79 Å². The van der Waals surface area contributed by atoms with E-state index in [4.69, 9.17) is 4.18 Å². The maximum Gasteiger partial charge on any atom is 0.416 e. The molecular formula is C27H22F3N3O4S2. The van der Waals surface area contributed by atoms with Crippen molar-refractivity contribution in [3.05, 3.63) is 94.9 Å². The molecule has 2 aliphatic heterocycles. The summed E-state index contributed by atoms with van der Waals surface area (Å²) in [6.07, 6.45) is -2.87. The Balaban J connectivity index is 1.26. The highest BCUT2D eigenvalue weighted by molar-refractivity contribution is 8.18. The van der Waals surface area contributed by atoms with Crippen molar-refractivity contribution in [2.45, 2.75) is 11.1 Å². The quantitative estimate of drug-likeness (QED) is 0.304. The van der Waals surface area contributed by atoms with E-state index in [9.17, 15) is 26.4 Å². The number of halogens is 3. The third-order valence-corrected chi connectivity index (χ3v) is 8.43. The zero-order chi connectivity index (χ0) is 27.6. The summed E-state index contributed by atoms with van der Waals surface area (Å²) in [5.41, 5.74) is 0.197. The summed E-state index contributed by atoms with van der Waals surface area (Å²) >= 11 is 1.16. The first-order valence-electron chi connectivity index (χ1n) is 11.9. The number of anilines is 1. The lowest BCUT2D eigenvalue weighted by molar-refractivity contribution is -0.137. The number of aliphatic imine (C=N–C) groups is 1. The van der Waals surface area contributed by atoms with Gasteiger partial charge in [-0.05, 0) is 54.2 Å². The monoisotopic (exact) mass is 573 g/mol. The van der Waals surface area contributed by atoms with Crippen LogP contribution in [0.15, 0.2) is 93.7 Å². The Kier molecular flexibility index (Phi) is 7.41. The summed E-state index contributed by atoms with van der Waals surface area (Å²) in [7, 11) is -4.07. The summed E-state index contributed by atoms with van der Waals surface area (Å²) in [6, 6.07) is 19.4. The summed E-state index contributed by atoms with van der Waals surface area (Å²) < 4.78 is 70.1. The number of carbonyl (C=O) groups excluding carboxylic acids is 1. The van der Waals surface area contributed by atoms with E-state index in [1.54, 1.807) is 42.5 Å². The number of benzene rings is 3. The number of thioether (sulfide) groups is 1. The number of amides is 1. The van der Waals surface area contributed by atoms with E-state index in [0.29, 0.717) is 47.5 Å². The Morgan fingerprint density at radius 1 is 0.872 bits per heavy atom. The molecule has 0 spiro atoms. The Labute approximate surface area is 227 Å². The highest BCUT2D eigenvalue weighted by atomic mass is 32.2. The van der Waals surface area contributed by atoms with E-state index in [1.807, 2.05) is 9.80 Å². The van der Waals surface area contributed by atoms with Crippen LogP contribution in [0.25, 0.3) is 6.08 Å². The van der Waals surface area contributed by atoms with Crippen LogP contribution in [0.2, 0.25) is 0 Å². The van der Waals surface area contributed by atoms with Gasteiger partial charge in [0.2, 0.25) is 0 Å². The first-order chi connectivity index (χ1) is 18.6. The van der Waals surface area contributed by atoms with E-state index in [-0.39, 0.29) is 10.6 Å². The highest BCUT2D eigenvalue weighted by Gasteiger charge is 2.32. The van der Waals surface area contributed by atoms with Gasteiger partial charge in [0.25, 0.3) is 5.91 Å². The number of alkyl halides is 3. The molecule has 0 bridgehead atoms. The molecule has 3 aromatic carbocycles. The number of piperazine rings is 1. The molecule has 2 heterocycles. The first kappa shape index (κ1) is 26.8. The molecule has 7 nitrogen and oxygen atoms in total. The number of hydrogen-bond acceptors (Lipinski definition) is 7. The fourth-order valence-corrected chi connectivity index (χ4v) is 6.07. The van der Waals surface area contributed by atoms with Crippen LogP contribution >= 0.6 is 11.8 Å². The second kappa shape index (κ2) is 10.8. The number of para-hydroxylation sites is 1. The third kappa shape index (κ3) is 6.12. The van der Waals surface area contributed by atoms with Gasteiger partial charge >= 0.3 is 16.3 Å². The summed E-state index contributed by atoms with van der Waals surface area (Å²) in [5, 5.41) is 0.491. The second-order valence-electron chi connectivity index (χ2n) is 8.72. The van der Waals surface area contributed by atoms with Crippen molar-refractivity contribution in [3.63, 3.8) is 0 Å². The van der Waals surface area contributed by atoms with Gasteiger partial charge in [0, 0.05) is 37.4 Å². The molecule has 0 aliphatic carbocycles. The molecule has 1 amide bonds. The Morgan fingerprint density at radius 2 is 1.54 bits per heavy atom. The van der Waals surface area contributed by atoms with Crippen molar-refractivity contribution in [2.24, 2.45) is 4.99 Å². The predicted octanol–water partition coefficient (Wildman–Crippen LogP) is 5.27. The largest absolute Gasteiger partial charge is 0.416 e. The lowest BCUT2D eigenvalue weighted by Crippen LogP contribution is -2.47. The molecule has 0 unspecified atom stereocenters. The minimum absolute atomic E-state index is 0.00803. The van der Waals surface area contributed by atoms with Crippen molar-refractivity contribution in [2.75, 3.05) is 31.1 Å². The van der Waals surface area contributed by atoms with E-state index < -0.39 is 27.8 Å². The fraction of sp³-hybridized carbons (Fsp3) is 0.185. The van der Waals surface area contributed by atoms with Crippen LogP contribution in [0.1, 0.15) is 11.1 Å². The molecule has 12 heteroatoms. The minimum atomic E-state index is -4.41. The lowest BCUT2D eigenvalue weighted by Gasteiger charge is -2.36. The van der Waals surface area contributed by atoms with Crippen molar-refractivity contribution in [3.8, 4) is 5.75 Å². The van der Waals surface area contributed by atoms with E-state index in [2.05, 4.69) is 4.99 Å². The van der Waals surface area contributed by atoms with Gasteiger partial charge in [-0.2, -0.15) is 26.6 Å². The van der Waals surface area contributed by atoms with E-state index in [0.717, 1.165) is 23.9 Å².